The van der Waals surface area contributed by atoms with E-state index < -0.39 is 40.5 Å². The van der Waals surface area contributed by atoms with Crippen molar-refractivity contribution in [2.24, 2.45) is 11.1 Å². The number of benzene rings is 2. The highest BCUT2D eigenvalue weighted by molar-refractivity contribution is 8.00. The number of likely N-dealkylation sites (N-methyl/N-ethyl adjacent to an activating group) is 1. The fourth-order valence-electron chi connectivity index (χ4n) is 6.47. The minimum atomic E-state index is -1.75. The van der Waals surface area contributed by atoms with Gasteiger partial charge in [-0.15, -0.1) is 23.1 Å². The van der Waals surface area contributed by atoms with Gasteiger partial charge in [0.05, 0.1) is 24.9 Å². The monoisotopic (exact) mass is 748 g/mol. The van der Waals surface area contributed by atoms with Gasteiger partial charge in [0, 0.05) is 35.1 Å². The summed E-state index contributed by atoms with van der Waals surface area (Å²) in [5.74, 6) is -4.47. The lowest BCUT2D eigenvalue weighted by Gasteiger charge is -2.49. The van der Waals surface area contributed by atoms with Crippen molar-refractivity contribution in [3.05, 3.63) is 87.1 Å². The van der Waals surface area contributed by atoms with Gasteiger partial charge in [0.15, 0.2) is 28.1 Å². The molecule has 16 heteroatoms. The number of carboxylic acid groups (broad SMARTS) is 2. The van der Waals surface area contributed by atoms with Crippen molar-refractivity contribution < 1.29 is 48.9 Å². The molecule has 1 fully saturated rings. The van der Waals surface area contributed by atoms with Gasteiger partial charge in [-0.25, -0.2) is 14.6 Å². The van der Waals surface area contributed by atoms with Gasteiger partial charge in [0.2, 0.25) is 11.5 Å². The van der Waals surface area contributed by atoms with E-state index in [0.717, 1.165) is 64.1 Å². The Hall–Kier alpha value is -5.19. The molecule has 4 heterocycles. The number of β-lactam (4-membered cyclic amide) rings is 1. The number of anilines is 1. The largest absolute Gasteiger partial charge is 0.504 e. The summed E-state index contributed by atoms with van der Waals surface area (Å²) in [6.07, 6.45) is 3.97. The minimum absolute atomic E-state index is 0.0799. The molecule has 3 aliphatic heterocycles. The van der Waals surface area contributed by atoms with E-state index in [4.69, 9.17) is 10.6 Å². The van der Waals surface area contributed by atoms with E-state index in [1.165, 1.54) is 35.9 Å². The Morgan fingerprint density at radius 3 is 2.44 bits per heavy atom. The molecule has 0 bridgehead atoms. The van der Waals surface area contributed by atoms with Crippen molar-refractivity contribution in [3.63, 3.8) is 0 Å². The van der Waals surface area contributed by atoms with Gasteiger partial charge in [-0.1, -0.05) is 41.6 Å². The van der Waals surface area contributed by atoms with Gasteiger partial charge < -0.3 is 35.5 Å². The fourth-order valence-corrected chi connectivity index (χ4v) is 8.40. The molecule has 14 nitrogen and oxygen atoms in total. The molecule has 0 spiro atoms. The number of ketones is 1. The molecule has 1 amide bonds. The zero-order valence-corrected chi connectivity index (χ0v) is 30.2. The van der Waals surface area contributed by atoms with E-state index in [0.29, 0.717) is 11.3 Å². The number of oxime groups is 1. The van der Waals surface area contributed by atoms with Gasteiger partial charge in [0.25, 0.3) is 0 Å². The number of nitrogen functional groups attached to an aromatic ring is 1. The standard InChI is InChI=1S/C36H37N5O9S2/c1-36(2,34(48)49)50-39-29(25-18-52-35(37)38-25)28(44)14-24-31(45)40-30(33(46)47)22(17-51-32(24)40)9-8-19-4-6-20(7-5-19)15-41(3)11-10-21-12-26(42)27(43)13-23(21)16-41/h4-9,12-13,18,24,32H,10-11,14-17H2,1-3H3,(H5-,37,38,39,42,43,44,46,47,48,49)/p+1/b9-8-/t24-,32-,41?/m1/s1. The second-order valence-electron chi connectivity index (χ2n) is 13.8. The number of fused-ring (bicyclic) bond motifs is 2. The molecular formula is C36H38N5O9S2+. The van der Waals surface area contributed by atoms with Gasteiger partial charge in [0.1, 0.15) is 24.5 Å². The third-order valence-electron chi connectivity index (χ3n) is 9.42. The van der Waals surface area contributed by atoms with Crippen LogP contribution in [-0.2, 0) is 43.5 Å². The van der Waals surface area contributed by atoms with E-state index in [9.17, 15) is 39.6 Å². The molecule has 1 unspecified atom stereocenters. The smallest absolute Gasteiger partial charge is 0.352 e. The number of rotatable bonds is 12. The van der Waals surface area contributed by atoms with Crippen molar-refractivity contribution >= 4 is 63.6 Å². The topological polar surface area (TPSA) is 213 Å². The van der Waals surface area contributed by atoms with Crippen LogP contribution in [0.2, 0.25) is 0 Å². The number of thioether (sulfide) groups is 1. The fraction of sp³-hybridized carbons (Fsp3) is 0.333. The number of phenolic OH excluding ortho intramolecular Hbond substituents is 2. The summed E-state index contributed by atoms with van der Waals surface area (Å²) in [5.41, 5.74) is 8.14. The number of aromatic hydroxyl groups is 2. The number of thiazole rings is 1. The van der Waals surface area contributed by atoms with Gasteiger partial charge >= 0.3 is 11.9 Å². The van der Waals surface area contributed by atoms with E-state index in [1.807, 2.05) is 24.3 Å². The molecule has 3 aromatic rings. The number of carboxylic acids is 2. The second-order valence-corrected chi connectivity index (χ2v) is 15.8. The number of quaternary nitrogens is 1. The van der Waals surface area contributed by atoms with Gasteiger partial charge in [-0.2, -0.15) is 0 Å². The number of hydrogen-bond donors (Lipinski definition) is 5. The summed E-state index contributed by atoms with van der Waals surface area (Å²) in [5, 5.41) is 44.2. The average Bonchev–Trinajstić information content (AvgIpc) is 3.52. The molecule has 52 heavy (non-hydrogen) atoms. The molecule has 6 rings (SSSR count). The number of hydrogen-bond acceptors (Lipinski definition) is 12. The van der Waals surface area contributed by atoms with Crippen molar-refractivity contribution in [1.29, 1.82) is 0 Å². The number of Topliss-reactive ketones (excluding diaryl/α,β-unsaturated/α-hetero) is 1. The van der Waals surface area contributed by atoms with E-state index in [1.54, 1.807) is 24.3 Å². The molecule has 2 aromatic carbocycles. The molecule has 3 aliphatic rings. The van der Waals surface area contributed by atoms with E-state index in [2.05, 4.69) is 17.2 Å². The maximum absolute atomic E-state index is 13.5. The normalized spacial score (nSPS) is 21.8. The van der Waals surface area contributed by atoms with Gasteiger partial charge in [-0.3, -0.25) is 14.5 Å². The van der Waals surface area contributed by atoms with Crippen LogP contribution in [0.4, 0.5) is 5.13 Å². The van der Waals surface area contributed by atoms with Gasteiger partial charge in [-0.05, 0) is 42.7 Å². The summed E-state index contributed by atoms with van der Waals surface area (Å²) in [6.45, 7) is 4.89. The number of phenols is 2. The van der Waals surface area contributed by atoms with Crippen LogP contribution >= 0.6 is 23.1 Å². The first-order valence-corrected chi connectivity index (χ1v) is 18.3. The number of nitrogens with two attached hydrogens (primary N) is 1. The van der Waals surface area contributed by atoms with E-state index in [-0.39, 0.29) is 40.2 Å². The predicted molar refractivity (Wildman–Crippen MR) is 194 cm³/mol. The lowest BCUT2D eigenvalue weighted by Crippen LogP contribution is -2.62. The summed E-state index contributed by atoms with van der Waals surface area (Å²) >= 11 is 2.40. The van der Waals surface area contributed by atoms with Crippen molar-refractivity contribution in [3.8, 4) is 11.5 Å². The van der Waals surface area contributed by atoms with Crippen LogP contribution in [0.1, 0.15) is 48.2 Å². The number of carbonyl (C=O) groups is 4. The van der Waals surface area contributed by atoms with Crippen LogP contribution in [0, 0.1) is 5.92 Å². The van der Waals surface area contributed by atoms with Crippen LogP contribution in [-0.4, -0.2) is 94.5 Å². The quantitative estimate of drug-likeness (QED) is 0.0586. The Labute approximate surface area is 307 Å². The highest BCUT2D eigenvalue weighted by Crippen LogP contribution is 2.45. The number of aromatic nitrogens is 1. The molecule has 272 valence electrons. The maximum atomic E-state index is 13.5. The molecule has 3 atom stereocenters. The lowest BCUT2D eigenvalue weighted by atomic mass is 9.89. The predicted octanol–water partition coefficient (Wildman–Crippen LogP) is 3.97. The molecule has 6 N–H and O–H groups in total. The van der Waals surface area contributed by atoms with Crippen LogP contribution in [0.5, 0.6) is 11.5 Å². The SMILES string of the molecule is CC(C)(O/N=C(\C(=O)C[C@@H]1C(=O)N2C(C(=O)O)=C(/C=C\c3ccc(C[N+]4(C)CCc5cc(O)c(O)cc5C4)cc3)CS[C@H]12)c1csc(N)n1)C(=O)O. The van der Waals surface area contributed by atoms with Crippen molar-refractivity contribution in [2.75, 3.05) is 25.1 Å². The number of aliphatic carboxylic acids is 2. The zero-order valence-electron chi connectivity index (χ0n) is 28.6. The van der Waals surface area contributed by atoms with Crippen molar-refractivity contribution in [2.45, 2.75) is 50.8 Å². The van der Waals surface area contributed by atoms with Crippen molar-refractivity contribution in [1.82, 2.24) is 9.88 Å². The third kappa shape index (κ3) is 7.40. The first-order chi connectivity index (χ1) is 24.5. The van der Waals surface area contributed by atoms with Crippen LogP contribution in [0.25, 0.3) is 6.08 Å². The van der Waals surface area contributed by atoms with Crippen LogP contribution in [0.3, 0.4) is 0 Å². The molecule has 0 saturated carbocycles. The highest BCUT2D eigenvalue weighted by Gasteiger charge is 2.54. The first-order valence-electron chi connectivity index (χ1n) is 16.3. The number of carbonyl (C=O) groups excluding carboxylic acids is 2. The summed E-state index contributed by atoms with van der Waals surface area (Å²) in [7, 11) is 2.16. The second kappa shape index (κ2) is 14.1. The highest BCUT2D eigenvalue weighted by atomic mass is 32.2. The number of nitrogens with zero attached hydrogens (tertiary/aromatic N) is 4. The Balaban J connectivity index is 1.13. The summed E-state index contributed by atoms with van der Waals surface area (Å²) < 4.78 is 0.737. The number of amides is 1. The first kappa shape index (κ1) is 36.6. The molecule has 1 aromatic heterocycles. The zero-order chi connectivity index (χ0) is 37.5. The summed E-state index contributed by atoms with van der Waals surface area (Å²) in [6, 6.07) is 11.2. The van der Waals surface area contributed by atoms with Crippen LogP contribution in [0.15, 0.2) is 64.3 Å². The third-order valence-corrected chi connectivity index (χ3v) is 11.4. The molecule has 0 radical (unpaired) electrons. The molecular weight excluding hydrogens is 711 g/mol. The Kier molecular flexibility index (Phi) is 9.91. The lowest BCUT2D eigenvalue weighted by molar-refractivity contribution is -0.937. The average molecular weight is 749 g/mol. The Bertz CT molecular complexity index is 2060. The minimum Gasteiger partial charge on any atom is -0.504 e. The Morgan fingerprint density at radius 2 is 1.81 bits per heavy atom. The molecule has 0 aliphatic carbocycles. The van der Waals surface area contributed by atoms with Crippen LogP contribution < -0.4 is 5.73 Å². The number of allylic oxidation sites excluding steroid dienone is 1. The maximum Gasteiger partial charge on any atom is 0.352 e. The summed E-state index contributed by atoms with van der Waals surface area (Å²) in [4.78, 5) is 61.3. The Morgan fingerprint density at radius 1 is 1.12 bits per heavy atom. The van der Waals surface area contributed by atoms with E-state index >= 15 is 0 Å². The molecule has 1 saturated heterocycles.